The number of nitrogens with one attached hydrogen (secondary N) is 2. The second kappa shape index (κ2) is 10.3. The number of benzene rings is 2. The Balaban J connectivity index is 1.46. The van der Waals surface area contributed by atoms with E-state index in [2.05, 4.69) is 10.6 Å². The first-order chi connectivity index (χ1) is 14.8. The van der Waals surface area contributed by atoms with E-state index >= 15 is 0 Å². The average Bonchev–Trinajstić information content (AvgIpc) is 3.01. The molecule has 0 bridgehead atoms. The third-order valence-electron chi connectivity index (χ3n) is 4.43. The molecule has 3 rings (SSSR count). The van der Waals surface area contributed by atoms with Crippen molar-refractivity contribution in [1.29, 1.82) is 0 Å². The van der Waals surface area contributed by atoms with Gasteiger partial charge in [-0.3, -0.25) is 24.1 Å². The van der Waals surface area contributed by atoms with Gasteiger partial charge in [0.1, 0.15) is 0 Å². The van der Waals surface area contributed by atoms with E-state index in [9.17, 15) is 19.2 Å². The van der Waals surface area contributed by atoms with Gasteiger partial charge in [-0.1, -0.05) is 53.6 Å². The van der Waals surface area contributed by atoms with Crippen LogP contribution in [-0.4, -0.2) is 47.5 Å². The maximum atomic E-state index is 12.5. The monoisotopic (exact) mass is 457 g/mol. The van der Waals surface area contributed by atoms with Crippen molar-refractivity contribution in [3.8, 4) is 0 Å². The fraction of sp³-hybridized carbons (Fsp3) is 0.182. The minimum Gasteiger partial charge on any atom is -0.353 e. The molecule has 7 nitrogen and oxygen atoms in total. The first-order valence-electron chi connectivity index (χ1n) is 9.46. The molecule has 2 aromatic carbocycles. The van der Waals surface area contributed by atoms with Crippen LogP contribution in [0.2, 0.25) is 5.02 Å². The molecule has 0 radical (unpaired) electrons. The van der Waals surface area contributed by atoms with Crippen molar-refractivity contribution in [1.82, 2.24) is 15.5 Å². The van der Waals surface area contributed by atoms with Crippen LogP contribution >= 0.6 is 23.4 Å². The van der Waals surface area contributed by atoms with Crippen molar-refractivity contribution in [3.05, 3.63) is 75.1 Å². The summed E-state index contributed by atoms with van der Waals surface area (Å²) in [6, 6.07) is 14.1. The quantitative estimate of drug-likeness (QED) is 0.622. The number of aryl methyl sites for hydroxylation is 1. The van der Waals surface area contributed by atoms with Crippen LogP contribution in [0.5, 0.6) is 0 Å². The molecule has 1 aliphatic rings. The predicted octanol–water partition coefficient (Wildman–Crippen LogP) is 3.23. The highest BCUT2D eigenvalue weighted by Crippen LogP contribution is 2.31. The van der Waals surface area contributed by atoms with Gasteiger partial charge in [-0.05, 0) is 42.5 Å². The number of carbonyl (C=O) groups is 4. The molecule has 2 aromatic rings. The van der Waals surface area contributed by atoms with E-state index in [1.165, 1.54) is 0 Å². The van der Waals surface area contributed by atoms with Gasteiger partial charge >= 0.3 is 0 Å². The average molecular weight is 458 g/mol. The van der Waals surface area contributed by atoms with Gasteiger partial charge in [-0.2, -0.15) is 0 Å². The minimum absolute atomic E-state index is 0.0418. The Morgan fingerprint density at radius 1 is 1.06 bits per heavy atom. The highest BCUT2D eigenvalue weighted by atomic mass is 35.5. The van der Waals surface area contributed by atoms with Crippen LogP contribution in [0, 0.1) is 6.92 Å². The number of rotatable bonds is 7. The van der Waals surface area contributed by atoms with Crippen LogP contribution in [0.25, 0.3) is 6.08 Å². The molecule has 1 saturated heterocycles. The number of halogens is 1. The highest BCUT2D eigenvalue weighted by molar-refractivity contribution is 8.18. The number of nitrogens with zero attached hydrogens (tertiary/aromatic N) is 1. The first-order valence-corrected chi connectivity index (χ1v) is 10.7. The summed E-state index contributed by atoms with van der Waals surface area (Å²) in [5, 5.41) is 4.96. The predicted molar refractivity (Wildman–Crippen MR) is 121 cm³/mol. The molecule has 4 amide bonds. The first kappa shape index (κ1) is 22.6. The van der Waals surface area contributed by atoms with E-state index in [4.69, 9.17) is 11.6 Å². The highest BCUT2D eigenvalue weighted by Gasteiger charge is 2.34. The molecule has 0 aromatic heterocycles. The van der Waals surface area contributed by atoms with Crippen LogP contribution in [0.1, 0.15) is 21.5 Å². The molecule has 2 N–H and O–H groups in total. The van der Waals surface area contributed by atoms with Gasteiger partial charge in [0.2, 0.25) is 5.91 Å². The van der Waals surface area contributed by atoms with E-state index in [0.29, 0.717) is 9.93 Å². The van der Waals surface area contributed by atoms with E-state index in [1.807, 2.05) is 31.2 Å². The second-order valence-electron chi connectivity index (χ2n) is 6.76. The van der Waals surface area contributed by atoms with E-state index in [-0.39, 0.29) is 30.4 Å². The molecule has 160 valence electrons. The van der Waals surface area contributed by atoms with Crippen LogP contribution in [0.15, 0.2) is 53.4 Å². The lowest BCUT2D eigenvalue weighted by molar-refractivity contribution is -0.124. The zero-order valence-corrected chi connectivity index (χ0v) is 18.3. The zero-order chi connectivity index (χ0) is 22.4. The van der Waals surface area contributed by atoms with Gasteiger partial charge in [0.25, 0.3) is 17.1 Å². The van der Waals surface area contributed by atoms with Crippen LogP contribution in [-0.2, 0) is 9.59 Å². The molecule has 1 aliphatic heterocycles. The van der Waals surface area contributed by atoms with Gasteiger partial charge in [-0.15, -0.1) is 0 Å². The maximum absolute atomic E-state index is 12.5. The van der Waals surface area contributed by atoms with Crippen molar-refractivity contribution in [2.24, 2.45) is 0 Å². The molecule has 1 fully saturated rings. The van der Waals surface area contributed by atoms with Crippen molar-refractivity contribution in [2.75, 3.05) is 19.6 Å². The standard InChI is InChI=1S/C22H20ClN3O4S/c1-14-6-8-15(9-7-14)12-18-21(29)26(22(30)31-18)11-10-24-19(27)13-25-20(28)16-4-2-3-5-17(16)23/h2-9,12H,10-11,13H2,1H3,(H,24,27)(H,25,28). The van der Waals surface area contributed by atoms with Crippen LogP contribution in [0.3, 0.4) is 0 Å². The lowest BCUT2D eigenvalue weighted by Gasteiger charge is -2.13. The Morgan fingerprint density at radius 3 is 2.48 bits per heavy atom. The molecule has 1 heterocycles. The fourth-order valence-corrected chi connectivity index (χ4v) is 3.86. The largest absolute Gasteiger partial charge is 0.353 e. The number of hydrogen-bond acceptors (Lipinski definition) is 5. The van der Waals surface area contributed by atoms with Crippen LogP contribution < -0.4 is 10.6 Å². The number of amides is 4. The molecular weight excluding hydrogens is 438 g/mol. The third-order valence-corrected chi connectivity index (χ3v) is 5.67. The third kappa shape index (κ3) is 5.96. The maximum Gasteiger partial charge on any atom is 0.293 e. The van der Waals surface area contributed by atoms with Crippen molar-refractivity contribution in [3.63, 3.8) is 0 Å². The SMILES string of the molecule is Cc1ccc(C=C2SC(=O)N(CCNC(=O)CNC(=O)c3ccccc3Cl)C2=O)cc1. The van der Waals surface area contributed by atoms with Gasteiger partial charge in [-0.25, -0.2) is 0 Å². The molecule has 31 heavy (non-hydrogen) atoms. The molecule has 9 heteroatoms. The van der Waals surface area contributed by atoms with Crippen molar-refractivity contribution >= 4 is 52.4 Å². The topological polar surface area (TPSA) is 95.6 Å². The fourth-order valence-electron chi connectivity index (χ4n) is 2.78. The summed E-state index contributed by atoms with van der Waals surface area (Å²) in [7, 11) is 0. The van der Waals surface area contributed by atoms with Gasteiger partial charge in [0.05, 0.1) is 22.0 Å². The van der Waals surface area contributed by atoms with Crippen molar-refractivity contribution in [2.45, 2.75) is 6.92 Å². The Labute approximate surface area is 188 Å². The Morgan fingerprint density at radius 2 is 1.77 bits per heavy atom. The normalized spacial score (nSPS) is 14.8. The van der Waals surface area contributed by atoms with Crippen molar-refractivity contribution < 1.29 is 19.2 Å². The second-order valence-corrected chi connectivity index (χ2v) is 8.16. The summed E-state index contributed by atoms with van der Waals surface area (Å²) in [4.78, 5) is 50.1. The Hall–Kier alpha value is -3.10. The Kier molecular flexibility index (Phi) is 7.49. The molecule has 0 atom stereocenters. The Bertz CT molecular complexity index is 1050. The summed E-state index contributed by atoms with van der Waals surface area (Å²) in [5.74, 6) is -1.30. The summed E-state index contributed by atoms with van der Waals surface area (Å²) in [6.45, 7) is 1.84. The zero-order valence-electron chi connectivity index (χ0n) is 16.7. The van der Waals surface area contributed by atoms with E-state index in [1.54, 1.807) is 30.3 Å². The lowest BCUT2D eigenvalue weighted by Crippen LogP contribution is -2.41. The van der Waals surface area contributed by atoms with E-state index < -0.39 is 17.7 Å². The number of imide groups is 1. The molecule has 0 unspecified atom stereocenters. The molecule has 0 saturated carbocycles. The molecule has 0 spiro atoms. The minimum atomic E-state index is -0.465. The van der Waals surface area contributed by atoms with E-state index in [0.717, 1.165) is 27.8 Å². The summed E-state index contributed by atoms with van der Waals surface area (Å²) >= 11 is 6.82. The van der Waals surface area contributed by atoms with Crippen LogP contribution in [0.4, 0.5) is 4.79 Å². The number of carbonyl (C=O) groups excluding carboxylic acids is 4. The van der Waals surface area contributed by atoms with Gasteiger partial charge in [0.15, 0.2) is 0 Å². The lowest BCUT2D eigenvalue weighted by atomic mass is 10.1. The number of hydrogen-bond donors (Lipinski definition) is 2. The summed E-state index contributed by atoms with van der Waals surface area (Å²) < 4.78 is 0. The van der Waals surface area contributed by atoms with Gasteiger partial charge in [0, 0.05) is 13.1 Å². The smallest absolute Gasteiger partial charge is 0.293 e. The molecule has 0 aliphatic carbocycles. The van der Waals surface area contributed by atoms with Gasteiger partial charge < -0.3 is 10.6 Å². The summed E-state index contributed by atoms with van der Waals surface area (Å²) in [6.07, 6.45) is 1.67. The number of thioether (sulfide) groups is 1. The molecular formula is C22H20ClN3O4S. The summed E-state index contributed by atoms with van der Waals surface area (Å²) in [5.41, 5.74) is 2.21.